The monoisotopic (exact) mass is 528 g/mol. The number of hydrogen-bond acceptors (Lipinski definition) is 6. The number of aryl methyl sites for hydroxylation is 2. The fraction of sp³-hybridized carbons (Fsp3) is 0.370. The summed E-state index contributed by atoms with van der Waals surface area (Å²) in [7, 11) is -1.43. The lowest BCUT2D eigenvalue weighted by molar-refractivity contribution is 0.463. The number of rotatable bonds is 7. The Morgan fingerprint density at radius 1 is 1.08 bits per heavy atom. The van der Waals surface area contributed by atoms with Crippen LogP contribution in [0.1, 0.15) is 57.4 Å². The Hall–Kier alpha value is -2.91. The van der Waals surface area contributed by atoms with Gasteiger partial charge >= 0.3 is 0 Å². The topological polar surface area (TPSA) is 77.0 Å². The highest BCUT2D eigenvalue weighted by Crippen LogP contribution is 2.43. The molecule has 0 amide bonds. The molecular formula is C27H33FN4O2S2. The first-order valence-electron chi connectivity index (χ1n) is 12.1. The summed E-state index contributed by atoms with van der Waals surface area (Å²) in [6, 6.07) is 9.14. The van der Waals surface area contributed by atoms with Gasteiger partial charge in [-0.05, 0) is 33.8 Å². The smallest absolute Gasteiger partial charge is 0.240 e. The summed E-state index contributed by atoms with van der Waals surface area (Å²) in [6.45, 7) is 13.4. The van der Waals surface area contributed by atoms with Crippen molar-refractivity contribution in [2.45, 2.75) is 66.6 Å². The van der Waals surface area contributed by atoms with Gasteiger partial charge in [-0.3, -0.25) is 0 Å². The molecule has 0 saturated carbocycles. The van der Waals surface area contributed by atoms with E-state index in [9.17, 15) is 4.21 Å². The fourth-order valence-electron chi connectivity index (χ4n) is 3.39. The molecule has 6 nitrogen and oxygen atoms in total. The van der Waals surface area contributed by atoms with Gasteiger partial charge in [-0.2, -0.15) is 0 Å². The van der Waals surface area contributed by atoms with E-state index in [1.165, 1.54) is 17.8 Å². The molecule has 1 atom stereocenters. The van der Waals surface area contributed by atoms with Crippen LogP contribution in [0.5, 0.6) is 11.6 Å². The van der Waals surface area contributed by atoms with E-state index in [0.717, 1.165) is 21.4 Å². The number of thiazole rings is 1. The van der Waals surface area contributed by atoms with Gasteiger partial charge in [-0.1, -0.05) is 51.5 Å². The highest BCUT2D eigenvalue weighted by Gasteiger charge is 2.23. The number of aromatic nitrogens is 3. The highest BCUT2D eigenvalue weighted by molar-refractivity contribution is 7.86. The highest BCUT2D eigenvalue weighted by atomic mass is 32.2. The molecule has 4 aromatic rings. The van der Waals surface area contributed by atoms with Gasteiger partial charge in [-0.15, -0.1) is 11.3 Å². The molecule has 2 heterocycles. The van der Waals surface area contributed by atoms with Crippen molar-refractivity contribution < 1.29 is 13.3 Å². The summed E-state index contributed by atoms with van der Waals surface area (Å²) in [4.78, 5) is 14.2. The molecule has 4 rings (SSSR count). The largest absolute Gasteiger partial charge is 0.436 e. The summed E-state index contributed by atoms with van der Waals surface area (Å²) in [6.07, 6.45) is 3.68. The Balaban J connectivity index is 0.00000115. The molecule has 0 fully saturated rings. The van der Waals surface area contributed by atoms with Crippen molar-refractivity contribution in [1.29, 1.82) is 0 Å². The molecule has 0 radical (unpaired) electrons. The van der Waals surface area contributed by atoms with Crippen LogP contribution in [0, 0.1) is 19.7 Å². The molecule has 2 aromatic carbocycles. The van der Waals surface area contributed by atoms with Gasteiger partial charge in [0.05, 0.1) is 16.4 Å². The third-order valence-corrected chi connectivity index (χ3v) is 7.35. The fourth-order valence-corrected chi connectivity index (χ4v) is 4.84. The van der Waals surface area contributed by atoms with Crippen molar-refractivity contribution in [3.63, 3.8) is 0 Å². The minimum Gasteiger partial charge on any atom is -0.436 e. The normalized spacial score (nSPS) is 11.8. The molecule has 192 valence electrons. The van der Waals surface area contributed by atoms with Gasteiger partial charge in [-0.25, -0.2) is 23.6 Å². The van der Waals surface area contributed by atoms with E-state index < -0.39 is 16.8 Å². The maximum absolute atomic E-state index is 15.5. The number of benzene rings is 2. The van der Waals surface area contributed by atoms with Crippen LogP contribution in [0.3, 0.4) is 0 Å². The summed E-state index contributed by atoms with van der Waals surface area (Å²) in [5.74, 6) is 0.977. The molecule has 0 aliphatic heterocycles. The van der Waals surface area contributed by atoms with E-state index in [4.69, 9.17) is 4.74 Å². The van der Waals surface area contributed by atoms with Crippen LogP contribution in [0.2, 0.25) is 0 Å². The first-order valence-corrected chi connectivity index (χ1v) is 14.1. The van der Waals surface area contributed by atoms with Crippen molar-refractivity contribution in [3.05, 3.63) is 58.7 Å². The SMILES string of the molecule is CCC.CCc1nccc(-c2sc(C)nc2Oc2c(C)c(F)c(NS(=O)C(C)C)c3ccccc23)n1. The summed E-state index contributed by atoms with van der Waals surface area (Å²) >= 11 is 1.46. The molecule has 0 bridgehead atoms. The Kier molecular flexibility index (Phi) is 9.50. The summed E-state index contributed by atoms with van der Waals surface area (Å²) in [5, 5.41) is 1.94. The molecule has 1 unspecified atom stereocenters. The summed E-state index contributed by atoms with van der Waals surface area (Å²) in [5.41, 5.74) is 1.24. The van der Waals surface area contributed by atoms with Gasteiger partial charge in [0.25, 0.3) is 0 Å². The van der Waals surface area contributed by atoms with Gasteiger partial charge in [0, 0.05) is 34.2 Å². The molecule has 9 heteroatoms. The second-order valence-electron chi connectivity index (χ2n) is 8.52. The zero-order valence-electron chi connectivity index (χ0n) is 21.8. The van der Waals surface area contributed by atoms with E-state index in [0.29, 0.717) is 34.4 Å². The quantitative estimate of drug-likeness (QED) is 0.265. The molecular weight excluding hydrogens is 495 g/mol. The number of nitrogens with zero attached hydrogens (tertiary/aromatic N) is 3. The van der Waals surface area contributed by atoms with Crippen LogP contribution >= 0.6 is 11.3 Å². The molecule has 0 spiro atoms. The first-order chi connectivity index (χ1) is 17.2. The molecule has 0 saturated heterocycles. The van der Waals surface area contributed by atoms with Crippen molar-refractivity contribution in [3.8, 4) is 22.2 Å². The Morgan fingerprint density at radius 3 is 2.39 bits per heavy atom. The predicted molar refractivity (Wildman–Crippen MR) is 149 cm³/mol. The number of anilines is 1. The number of nitrogens with one attached hydrogen (secondary N) is 1. The molecule has 1 N–H and O–H groups in total. The van der Waals surface area contributed by atoms with E-state index >= 15 is 4.39 Å². The summed E-state index contributed by atoms with van der Waals surface area (Å²) < 4.78 is 37.1. The third kappa shape index (κ3) is 6.07. The Bertz CT molecular complexity index is 1370. The number of ether oxygens (including phenoxy) is 1. The van der Waals surface area contributed by atoms with Crippen LogP contribution in [0.4, 0.5) is 10.1 Å². The van der Waals surface area contributed by atoms with E-state index in [1.54, 1.807) is 19.2 Å². The van der Waals surface area contributed by atoms with Crippen LogP contribution in [0.25, 0.3) is 21.3 Å². The van der Waals surface area contributed by atoms with E-state index in [1.807, 2.05) is 52.0 Å². The zero-order chi connectivity index (χ0) is 26.4. The maximum atomic E-state index is 15.5. The lowest BCUT2D eigenvalue weighted by Gasteiger charge is -2.18. The molecule has 2 aromatic heterocycles. The lowest BCUT2D eigenvalue weighted by Crippen LogP contribution is -2.16. The second-order valence-corrected chi connectivity index (χ2v) is 11.5. The standard InChI is InChI=1S/C24H25FN4O2S2.C3H8/c1-6-19-26-12-11-18(28-19)23-24(27-15(5)32-23)31-22-14(4)20(25)21(29-33(30)13(2)3)16-9-7-8-10-17(16)22;1-3-2/h7-13,29H,6H2,1-5H3;3H2,1-2H3. The van der Waals surface area contributed by atoms with Crippen LogP contribution in [0.15, 0.2) is 36.5 Å². The minimum absolute atomic E-state index is 0.166. The van der Waals surface area contributed by atoms with Crippen molar-refractivity contribution >= 4 is 38.8 Å². The average Bonchev–Trinajstić information content (AvgIpc) is 3.24. The predicted octanol–water partition coefficient (Wildman–Crippen LogP) is 7.76. The first kappa shape index (κ1) is 27.7. The number of hydrogen-bond donors (Lipinski definition) is 1. The van der Waals surface area contributed by atoms with Crippen LogP contribution in [-0.2, 0) is 17.4 Å². The van der Waals surface area contributed by atoms with Crippen molar-refractivity contribution in [2.75, 3.05) is 4.72 Å². The molecule has 36 heavy (non-hydrogen) atoms. The average molecular weight is 529 g/mol. The van der Waals surface area contributed by atoms with E-state index in [-0.39, 0.29) is 10.9 Å². The zero-order valence-corrected chi connectivity index (χ0v) is 23.4. The van der Waals surface area contributed by atoms with E-state index in [2.05, 4.69) is 33.5 Å². The van der Waals surface area contributed by atoms with Gasteiger partial charge < -0.3 is 9.46 Å². The Labute approximate surface area is 219 Å². The van der Waals surface area contributed by atoms with Gasteiger partial charge in [0.15, 0.2) is 5.82 Å². The van der Waals surface area contributed by atoms with Gasteiger partial charge in [0.1, 0.15) is 27.4 Å². The Morgan fingerprint density at radius 2 is 1.75 bits per heavy atom. The van der Waals surface area contributed by atoms with Crippen molar-refractivity contribution in [1.82, 2.24) is 15.0 Å². The van der Waals surface area contributed by atoms with Gasteiger partial charge in [0.2, 0.25) is 5.88 Å². The lowest BCUT2D eigenvalue weighted by atomic mass is 10.0. The molecule has 0 aliphatic carbocycles. The van der Waals surface area contributed by atoms with Crippen LogP contribution < -0.4 is 9.46 Å². The molecule has 0 aliphatic rings. The van der Waals surface area contributed by atoms with Crippen molar-refractivity contribution in [2.24, 2.45) is 0 Å². The maximum Gasteiger partial charge on any atom is 0.240 e. The van der Waals surface area contributed by atoms with Crippen LogP contribution in [-0.4, -0.2) is 24.4 Å². The third-order valence-electron chi connectivity index (χ3n) is 5.12. The minimum atomic E-state index is -1.43. The number of halogens is 1. The number of fused-ring (bicyclic) bond motifs is 1. The second kappa shape index (κ2) is 12.4.